The van der Waals surface area contributed by atoms with E-state index in [1.165, 1.54) is 22.1 Å². The van der Waals surface area contributed by atoms with Gasteiger partial charge in [0.05, 0.1) is 5.52 Å². The second-order valence-electron chi connectivity index (χ2n) is 5.71. The highest BCUT2D eigenvalue weighted by atomic mass is 14.7. The molecule has 0 unspecified atom stereocenters. The first-order valence-corrected chi connectivity index (χ1v) is 7.88. The summed E-state index contributed by atoms with van der Waals surface area (Å²) < 4.78 is 0. The molecule has 1 aromatic heterocycles. The van der Waals surface area contributed by atoms with Gasteiger partial charge in [-0.25, -0.2) is 0 Å². The number of pyridine rings is 1. The van der Waals surface area contributed by atoms with Gasteiger partial charge in [0.1, 0.15) is 0 Å². The maximum Gasteiger partial charge on any atom is 0.0711 e. The lowest BCUT2D eigenvalue weighted by atomic mass is 9.98. The highest BCUT2D eigenvalue weighted by Crippen LogP contribution is 2.29. The molecule has 0 spiro atoms. The first kappa shape index (κ1) is 13.7. The summed E-state index contributed by atoms with van der Waals surface area (Å²) in [4.78, 5) is 4.86. The van der Waals surface area contributed by atoms with Crippen molar-refractivity contribution in [2.45, 2.75) is 6.42 Å². The van der Waals surface area contributed by atoms with Crippen LogP contribution in [-0.4, -0.2) is 4.98 Å². The molecule has 4 rings (SSSR count). The first-order valence-electron chi connectivity index (χ1n) is 7.88. The molecule has 0 aliphatic rings. The van der Waals surface area contributed by atoms with Gasteiger partial charge in [0.2, 0.25) is 0 Å². The van der Waals surface area contributed by atoms with Gasteiger partial charge < -0.3 is 0 Å². The molecular formula is C22H17N. The highest BCUT2D eigenvalue weighted by Gasteiger charge is 2.08. The summed E-state index contributed by atoms with van der Waals surface area (Å²) in [6.07, 6.45) is 0.853. The van der Waals surface area contributed by atoms with Crippen LogP contribution in [0.25, 0.3) is 22.0 Å². The molecule has 110 valence electrons. The molecule has 0 fully saturated rings. The summed E-state index contributed by atoms with van der Waals surface area (Å²) in [5.74, 6) is 0. The number of para-hydroxylation sites is 1. The minimum atomic E-state index is 0.853. The summed E-state index contributed by atoms with van der Waals surface area (Å²) in [6, 6.07) is 31.7. The molecule has 1 nitrogen and oxygen atoms in total. The fourth-order valence-corrected chi connectivity index (χ4v) is 2.98. The average molecular weight is 295 g/mol. The van der Waals surface area contributed by atoms with E-state index in [1.807, 2.05) is 6.07 Å². The highest BCUT2D eigenvalue weighted by molar-refractivity contribution is 5.94. The Hall–Kier alpha value is -2.93. The van der Waals surface area contributed by atoms with E-state index in [0.29, 0.717) is 0 Å². The Bertz CT molecular complexity index is 928. The molecule has 0 saturated carbocycles. The zero-order valence-corrected chi connectivity index (χ0v) is 12.8. The van der Waals surface area contributed by atoms with Crippen LogP contribution < -0.4 is 0 Å². The number of hydrogen-bond donors (Lipinski definition) is 0. The molecule has 0 amide bonds. The molecule has 0 saturated heterocycles. The van der Waals surface area contributed by atoms with Crippen LogP contribution in [0.2, 0.25) is 0 Å². The zero-order chi connectivity index (χ0) is 15.5. The van der Waals surface area contributed by atoms with Crippen molar-refractivity contribution in [3.63, 3.8) is 0 Å². The van der Waals surface area contributed by atoms with Crippen LogP contribution in [0.4, 0.5) is 0 Å². The summed E-state index contributed by atoms with van der Waals surface area (Å²) >= 11 is 0. The monoisotopic (exact) mass is 295 g/mol. The lowest BCUT2D eigenvalue weighted by Gasteiger charge is -2.10. The maximum absolute atomic E-state index is 4.86. The predicted octanol–water partition coefficient (Wildman–Crippen LogP) is 5.49. The Labute approximate surface area is 136 Å². The molecule has 0 atom stereocenters. The van der Waals surface area contributed by atoms with Gasteiger partial charge in [-0.05, 0) is 28.8 Å². The molecule has 23 heavy (non-hydrogen) atoms. The van der Waals surface area contributed by atoms with Crippen molar-refractivity contribution < 1.29 is 0 Å². The van der Waals surface area contributed by atoms with E-state index in [-0.39, 0.29) is 0 Å². The lowest BCUT2D eigenvalue weighted by Crippen LogP contribution is -1.95. The van der Waals surface area contributed by atoms with E-state index in [4.69, 9.17) is 4.98 Å². The van der Waals surface area contributed by atoms with Crippen LogP contribution in [0.15, 0.2) is 91.0 Å². The fourth-order valence-electron chi connectivity index (χ4n) is 2.98. The quantitative estimate of drug-likeness (QED) is 0.487. The normalized spacial score (nSPS) is 10.8. The van der Waals surface area contributed by atoms with Crippen molar-refractivity contribution in [3.8, 4) is 11.1 Å². The first-order chi connectivity index (χ1) is 11.4. The number of nitrogens with zero attached hydrogens (tertiary/aromatic N) is 1. The standard InChI is InChI=1S/C22H17N/c1-3-9-17(10-4-1)15-19-16-21(18-11-5-2-6-12-18)20-13-7-8-14-22(20)23-19/h1-14,16H,15H2. The van der Waals surface area contributed by atoms with Crippen LogP contribution in [0.1, 0.15) is 11.3 Å². The van der Waals surface area contributed by atoms with E-state index in [0.717, 1.165) is 17.6 Å². The van der Waals surface area contributed by atoms with Gasteiger partial charge in [-0.1, -0.05) is 78.9 Å². The maximum atomic E-state index is 4.86. The summed E-state index contributed by atoms with van der Waals surface area (Å²) in [5.41, 5.74) is 5.94. The van der Waals surface area contributed by atoms with Crippen LogP contribution in [0.5, 0.6) is 0 Å². The van der Waals surface area contributed by atoms with E-state index < -0.39 is 0 Å². The van der Waals surface area contributed by atoms with Crippen molar-refractivity contribution >= 4 is 10.9 Å². The summed E-state index contributed by atoms with van der Waals surface area (Å²) in [6.45, 7) is 0. The predicted molar refractivity (Wildman–Crippen MR) is 96.4 cm³/mol. The second kappa shape index (κ2) is 6.05. The molecular weight excluding hydrogens is 278 g/mol. The van der Waals surface area contributed by atoms with Crippen LogP contribution in [0, 0.1) is 0 Å². The SMILES string of the molecule is c1ccc(Cc2cc(-c3ccccc3)c3ccccc3n2)cc1. The molecule has 0 bridgehead atoms. The Morgan fingerprint density at radius 1 is 0.652 bits per heavy atom. The molecule has 0 radical (unpaired) electrons. The van der Waals surface area contributed by atoms with Crippen molar-refractivity contribution in [3.05, 3.63) is 102 Å². The number of benzene rings is 3. The van der Waals surface area contributed by atoms with E-state index in [9.17, 15) is 0 Å². The third-order valence-corrected chi connectivity index (χ3v) is 4.08. The summed E-state index contributed by atoms with van der Waals surface area (Å²) in [7, 11) is 0. The van der Waals surface area contributed by atoms with Gasteiger partial charge in [0, 0.05) is 17.5 Å². The van der Waals surface area contributed by atoms with Crippen LogP contribution in [-0.2, 0) is 6.42 Å². The van der Waals surface area contributed by atoms with E-state index in [2.05, 4.69) is 84.9 Å². The number of hydrogen-bond acceptors (Lipinski definition) is 1. The van der Waals surface area contributed by atoms with E-state index in [1.54, 1.807) is 0 Å². The van der Waals surface area contributed by atoms with Crippen LogP contribution >= 0.6 is 0 Å². The average Bonchev–Trinajstić information content (AvgIpc) is 2.63. The Morgan fingerprint density at radius 2 is 1.30 bits per heavy atom. The van der Waals surface area contributed by atoms with Crippen LogP contribution in [0.3, 0.4) is 0 Å². The second-order valence-corrected chi connectivity index (χ2v) is 5.71. The topological polar surface area (TPSA) is 12.9 Å². The Balaban J connectivity index is 1.87. The van der Waals surface area contributed by atoms with Crippen molar-refractivity contribution in [2.75, 3.05) is 0 Å². The Kier molecular flexibility index (Phi) is 3.61. The van der Waals surface area contributed by atoms with Crippen molar-refractivity contribution in [1.82, 2.24) is 4.98 Å². The molecule has 0 N–H and O–H groups in total. The van der Waals surface area contributed by atoms with E-state index >= 15 is 0 Å². The van der Waals surface area contributed by atoms with Gasteiger partial charge in [0.15, 0.2) is 0 Å². The fraction of sp³-hybridized carbons (Fsp3) is 0.0455. The summed E-state index contributed by atoms with van der Waals surface area (Å²) in [5, 5.41) is 1.20. The minimum Gasteiger partial charge on any atom is -0.252 e. The molecule has 0 aliphatic carbocycles. The van der Waals surface area contributed by atoms with Gasteiger partial charge in [-0.3, -0.25) is 4.98 Å². The smallest absolute Gasteiger partial charge is 0.0711 e. The largest absolute Gasteiger partial charge is 0.252 e. The Morgan fingerprint density at radius 3 is 2.09 bits per heavy atom. The lowest BCUT2D eigenvalue weighted by molar-refractivity contribution is 1.10. The van der Waals surface area contributed by atoms with Crippen molar-refractivity contribution in [2.24, 2.45) is 0 Å². The van der Waals surface area contributed by atoms with Gasteiger partial charge >= 0.3 is 0 Å². The molecule has 4 aromatic rings. The minimum absolute atomic E-state index is 0.853. The zero-order valence-electron chi connectivity index (χ0n) is 12.8. The van der Waals surface area contributed by atoms with Gasteiger partial charge in [-0.15, -0.1) is 0 Å². The van der Waals surface area contributed by atoms with Crippen molar-refractivity contribution in [1.29, 1.82) is 0 Å². The third kappa shape index (κ3) is 2.86. The number of fused-ring (bicyclic) bond motifs is 1. The molecule has 1 heteroatoms. The molecule has 3 aromatic carbocycles. The van der Waals surface area contributed by atoms with Gasteiger partial charge in [0.25, 0.3) is 0 Å². The third-order valence-electron chi connectivity index (χ3n) is 4.08. The number of aromatic nitrogens is 1. The van der Waals surface area contributed by atoms with Gasteiger partial charge in [-0.2, -0.15) is 0 Å². The molecule has 0 aliphatic heterocycles. The molecule has 1 heterocycles. The number of rotatable bonds is 3.